The van der Waals surface area contributed by atoms with Crippen LogP contribution in [0.15, 0.2) is 77.7 Å². The third kappa shape index (κ3) is 8.03. The molecule has 10 heteroatoms. The molecule has 4 rings (SSSR count). The van der Waals surface area contributed by atoms with Crippen LogP contribution in [0.5, 0.6) is 0 Å². The van der Waals surface area contributed by atoms with Crippen molar-refractivity contribution in [2.75, 3.05) is 10.8 Å². The third-order valence-corrected chi connectivity index (χ3v) is 9.64. The fraction of sp³-hybridized carbons (Fsp3) is 0.355. The number of rotatable bonds is 10. The van der Waals surface area contributed by atoms with E-state index in [2.05, 4.69) is 5.32 Å². The van der Waals surface area contributed by atoms with Gasteiger partial charge in [-0.25, -0.2) is 8.42 Å². The molecule has 0 saturated heterocycles. The fourth-order valence-electron chi connectivity index (χ4n) is 4.96. The summed E-state index contributed by atoms with van der Waals surface area (Å²) in [6.45, 7) is 3.15. The lowest BCUT2D eigenvalue weighted by Gasteiger charge is -2.33. The van der Waals surface area contributed by atoms with Crippen LogP contribution in [0.2, 0.25) is 10.0 Å². The summed E-state index contributed by atoms with van der Waals surface area (Å²) in [6, 6.07) is 19.0. The molecule has 0 aromatic heterocycles. The second kappa shape index (κ2) is 13.7. The van der Waals surface area contributed by atoms with Crippen molar-refractivity contribution in [1.82, 2.24) is 10.2 Å². The molecule has 3 aromatic carbocycles. The summed E-state index contributed by atoms with van der Waals surface area (Å²) in [6.07, 6.45) is 5.07. The van der Waals surface area contributed by atoms with Crippen LogP contribution in [0.3, 0.4) is 0 Å². The average Bonchev–Trinajstić information content (AvgIpc) is 2.95. The standard InChI is InChI=1S/C31H35Cl2N3O4S/c1-22-11-15-28(16-12-22)36(41(39,40)29-17-13-25(32)14-18-29)21-30(37)35(20-24-7-6-8-26(33)19-24)23(2)31(38)34-27-9-4-3-5-10-27/h6-8,11-19,23,27H,3-5,9-10,20-21H2,1-2H3,(H,34,38). The number of halogens is 2. The van der Waals surface area contributed by atoms with Gasteiger partial charge in [-0.15, -0.1) is 0 Å². The predicted molar refractivity (Wildman–Crippen MR) is 164 cm³/mol. The van der Waals surface area contributed by atoms with Crippen LogP contribution >= 0.6 is 23.2 Å². The largest absolute Gasteiger partial charge is 0.352 e. The molecule has 1 atom stereocenters. The topological polar surface area (TPSA) is 86.8 Å². The Labute approximate surface area is 252 Å². The van der Waals surface area contributed by atoms with Crippen molar-refractivity contribution >= 4 is 50.7 Å². The summed E-state index contributed by atoms with van der Waals surface area (Å²) in [5, 5.41) is 4.00. The van der Waals surface area contributed by atoms with Gasteiger partial charge in [0.1, 0.15) is 12.6 Å². The molecule has 0 heterocycles. The number of carbonyl (C=O) groups excluding carboxylic acids is 2. The number of amides is 2. The van der Waals surface area contributed by atoms with Crippen molar-refractivity contribution in [2.24, 2.45) is 0 Å². The number of nitrogens with zero attached hydrogens (tertiary/aromatic N) is 2. The van der Waals surface area contributed by atoms with E-state index < -0.39 is 28.5 Å². The van der Waals surface area contributed by atoms with Crippen LogP contribution in [-0.4, -0.2) is 43.8 Å². The molecule has 7 nitrogen and oxygen atoms in total. The monoisotopic (exact) mass is 615 g/mol. The van der Waals surface area contributed by atoms with Crippen LogP contribution in [-0.2, 0) is 26.2 Å². The Hall–Kier alpha value is -3.07. The van der Waals surface area contributed by atoms with Crippen molar-refractivity contribution in [3.63, 3.8) is 0 Å². The number of hydrogen-bond acceptors (Lipinski definition) is 4. The molecule has 0 bridgehead atoms. The Morgan fingerprint density at radius 1 is 0.927 bits per heavy atom. The maximum Gasteiger partial charge on any atom is 0.264 e. The van der Waals surface area contributed by atoms with Gasteiger partial charge in [0.15, 0.2) is 0 Å². The van der Waals surface area contributed by atoms with Crippen molar-refractivity contribution in [3.8, 4) is 0 Å². The van der Waals surface area contributed by atoms with Gasteiger partial charge in [-0.1, -0.05) is 72.3 Å². The minimum Gasteiger partial charge on any atom is -0.352 e. The first kappa shape index (κ1) is 30.9. The maximum absolute atomic E-state index is 14.0. The molecule has 1 saturated carbocycles. The summed E-state index contributed by atoms with van der Waals surface area (Å²) < 4.78 is 28.8. The van der Waals surface area contributed by atoms with E-state index in [1.165, 1.54) is 29.2 Å². The summed E-state index contributed by atoms with van der Waals surface area (Å²) >= 11 is 12.2. The highest BCUT2D eigenvalue weighted by Gasteiger charge is 2.33. The van der Waals surface area contributed by atoms with Gasteiger partial charge in [0.2, 0.25) is 11.8 Å². The van der Waals surface area contributed by atoms with Crippen LogP contribution in [0.1, 0.15) is 50.2 Å². The second-order valence-electron chi connectivity index (χ2n) is 10.5. The van der Waals surface area contributed by atoms with Crippen molar-refractivity contribution in [2.45, 2.75) is 69.5 Å². The van der Waals surface area contributed by atoms with Gasteiger partial charge >= 0.3 is 0 Å². The average molecular weight is 617 g/mol. The van der Waals surface area contributed by atoms with Crippen molar-refractivity contribution in [3.05, 3.63) is 94.0 Å². The Balaban J connectivity index is 1.67. The lowest BCUT2D eigenvalue weighted by Crippen LogP contribution is -2.53. The Bertz CT molecular complexity index is 1460. The van der Waals surface area contributed by atoms with Crippen molar-refractivity contribution < 1.29 is 18.0 Å². The summed E-state index contributed by atoms with van der Waals surface area (Å²) in [7, 11) is -4.16. The van der Waals surface area contributed by atoms with E-state index >= 15 is 0 Å². The van der Waals surface area contributed by atoms with E-state index in [4.69, 9.17) is 23.2 Å². The van der Waals surface area contributed by atoms with Gasteiger partial charge < -0.3 is 10.2 Å². The van der Waals surface area contributed by atoms with Crippen LogP contribution in [0.25, 0.3) is 0 Å². The summed E-state index contributed by atoms with van der Waals surface area (Å²) in [5.41, 5.74) is 2.01. The highest BCUT2D eigenvalue weighted by atomic mass is 35.5. The number of benzene rings is 3. The molecule has 1 unspecified atom stereocenters. The van der Waals surface area contributed by atoms with Crippen LogP contribution in [0.4, 0.5) is 5.69 Å². The fourth-order valence-corrected chi connectivity index (χ4v) is 6.71. The van der Waals surface area contributed by atoms with E-state index in [1.54, 1.807) is 49.4 Å². The number of aryl methyl sites for hydroxylation is 1. The zero-order valence-electron chi connectivity index (χ0n) is 23.2. The van der Waals surface area contributed by atoms with Gasteiger partial charge in [0.05, 0.1) is 10.6 Å². The van der Waals surface area contributed by atoms with Gasteiger partial charge in [-0.3, -0.25) is 13.9 Å². The van der Waals surface area contributed by atoms with E-state index in [9.17, 15) is 18.0 Å². The number of anilines is 1. The smallest absolute Gasteiger partial charge is 0.264 e. The molecule has 41 heavy (non-hydrogen) atoms. The minimum atomic E-state index is -4.16. The van der Waals surface area contributed by atoms with Gasteiger partial charge in [0.25, 0.3) is 10.0 Å². The number of nitrogens with one attached hydrogen (secondary N) is 1. The van der Waals surface area contributed by atoms with E-state index in [-0.39, 0.29) is 23.4 Å². The first-order chi connectivity index (χ1) is 19.5. The molecular formula is C31H35Cl2N3O4S. The summed E-state index contributed by atoms with van der Waals surface area (Å²) in [5.74, 6) is -0.788. The third-order valence-electron chi connectivity index (χ3n) is 7.36. The molecule has 0 spiro atoms. The number of hydrogen-bond donors (Lipinski definition) is 1. The SMILES string of the molecule is Cc1ccc(N(CC(=O)N(Cc2cccc(Cl)c2)C(C)C(=O)NC2CCCCC2)S(=O)(=O)c2ccc(Cl)cc2)cc1. The molecule has 1 N–H and O–H groups in total. The molecule has 3 aromatic rings. The first-order valence-corrected chi connectivity index (χ1v) is 15.9. The van der Waals surface area contributed by atoms with Crippen LogP contribution in [0, 0.1) is 6.92 Å². The zero-order valence-corrected chi connectivity index (χ0v) is 25.6. The molecule has 1 fully saturated rings. The number of carbonyl (C=O) groups is 2. The molecule has 1 aliphatic rings. The molecular weight excluding hydrogens is 581 g/mol. The molecule has 1 aliphatic carbocycles. The van der Waals surface area contributed by atoms with E-state index in [0.29, 0.717) is 15.7 Å². The minimum absolute atomic E-state index is 0.000226. The highest BCUT2D eigenvalue weighted by molar-refractivity contribution is 7.92. The van der Waals surface area contributed by atoms with E-state index in [1.807, 2.05) is 13.0 Å². The predicted octanol–water partition coefficient (Wildman–Crippen LogP) is 6.36. The Morgan fingerprint density at radius 2 is 1.59 bits per heavy atom. The van der Waals surface area contributed by atoms with Crippen molar-refractivity contribution in [1.29, 1.82) is 0 Å². The summed E-state index contributed by atoms with van der Waals surface area (Å²) in [4.78, 5) is 28.8. The Kier molecular flexibility index (Phi) is 10.3. The number of sulfonamides is 1. The Morgan fingerprint density at radius 3 is 2.22 bits per heavy atom. The quantitative estimate of drug-likeness (QED) is 0.287. The lowest BCUT2D eigenvalue weighted by atomic mass is 9.95. The van der Waals surface area contributed by atoms with Crippen LogP contribution < -0.4 is 9.62 Å². The molecule has 218 valence electrons. The zero-order chi connectivity index (χ0) is 29.6. The maximum atomic E-state index is 14.0. The van der Waals surface area contributed by atoms with Gasteiger partial charge in [-0.05, 0) is 80.8 Å². The highest BCUT2D eigenvalue weighted by Crippen LogP contribution is 2.26. The second-order valence-corrected chi connectivity index (χ2v) is 13.2. The van der Waals surface area contributed by atoms with E-state index in [0.717, 1.165) is 47.5 Å². The molecule has 2 amide bonds. The normalized spacial score (nSPS) is 14.7. The first-order valence-electron chi connectivity index (χ1n) is 13.7. The van der Waals surface area contributed by atoms with Gasteiger partial charge in [-0.2, -0.15) is 0 Å². The molecule has 0 aliphatic heterocycles. The lowest BCUT2D eigenvalue weighted by molar-refractivity contribution is -0.139. The molecule has 0 radical (unpaired) electrons. The van der Waals surface area contributed by atoms with Gasteiger partial charge in [0, 0.05) is 22.6 Å².